The largest absolute Gasteiger partial charge is 0.464 e. The summed E-state index contributed by atoms with van der Waals surface area (Å²) < 4.78 is 19.8. The van der Waals surface area contributed by atoms with Crippen LogP contribution in [0.1, 0.15) is 69.3 Å². The molecule has 0 radical (unpaired) electrons. The molecule has 2 amide bonds. The number of methoxy groups -OCH3 is 2. The summed E-state index contributed by atoms with van der Waals surface area (Å²) in [6, 6.07) is 7.26. The number of likely N-dealkylation sites (N-methyl/N-ethyl adjacent to an activating group) is 1. The fourth-order valence-corrected chi connectivity index (χ4v) is 9.93. The predicted molar refractivity (Wildman–Crippen MR) is 233 cm³/mol. The van der Waals surface area contributed by atoms with Crippen molar-refractivity contribution in [2.45, 2.75) is 84.5 Å². The standard InChI is InChI=1S/C45H60N8O6S/c1-8-52-38-12-11-28-18-32(38)34(41(52)33-20-30(23-46-40(33)27(2)58-7)51-16-14-50(5)15-17-51)22-45(3,4)26-59-44(56)35-10-9-13-53(49-35)43(55)36(21-39-47-37(28)25-60-39)48-42(54)31-19-29(31)24-57-6/h11-12,18,20,23,25,27,29,31,35-36,49H,8-10,13-17,19,21-22,24,26H2,1-7H3,(H,48,54)/t27-,29-,31+,35-,36-/m0/s1. The minimum absolute atomic E-state index is 0.141. The van der Waals surface area contributed by atoms with E-state index in [1.165, 1.54) is 16.3 Å². The number of esters is 1. The Morgan fingerprint density at radius 2 is 1.93 bits per heavy atom. The molecule has 1 aliphatic carbocycles. The Bertz CT molecular complexity index is 2230. The van der Waals surface area contributed by atoms with Crippen molar-refractivity contribution in [2.75, 3.05) is 72.1 Å². The number of rotatable bonds is 9. The highest BCUT2D eigenvalue weighted by Gasteiger charge is 2.44. The van der Waals surface area contributed by atoms with Crippen LogP contribution in [0.25, 0.3) is 33.4 Å². The van der Waals surface area contributed by atoms with Gasteiger partial charge in [0.15, 0.2) is 0 Å². The molecule has 6 heterocycles. The molecule has 60 heavy (non-hydrogen) atoms. The quantitative estimate of drug-likeness (QED) is 0.214. The Morgan fingerprint density at radius 1 is 1.13 bits per heavy atom. The zero-order valence-corrected chi connectivity index (χ0v) is 36.9. The number of carbonyl (C=O) groups excluding carboxylic acids is 3. The van der Waals surface area contributed by atoms with E-state index in [1.807, 2.05) is 18.5 Å². The van der Waals surface area contributed by atoms with Crippen molar-refractivity contribution in [1.29, 1.82) is 0 Å². The Hall–Kier alpha value is -4.41. The third kappa shape index (κ3) is 8.69. The van der Waals surface area contributed by atoms with Gasteiger partial charge in [-0.25, -0.2) is 10.4 Å². The molecule has 4 aliphatic rings. The predicted octanol–water partition coefficient (Wildman–Crippen LogP) is 5.24. The first-order chi connectivity index (χ1) is 28.9. The number of amides is 2. The van der Waals surface area contributed by atoms with Gasteiger partial charge < -0.3 is 33.9 Å². The number of pyridine rings is 1. The molecule has 3 aliphatic heterocycles. The van der Waals surface area contributed by atoms with E-state index in [4.69, 9.17) is 24.2 Å². The number of anilines is 1. The van der Waals surface area contributed by atoms with Crippen molar-refractivity contribution in [1.82, 2.24) is 35.2 Å². The lowest BCUT2D eigenvalue weighted by Gasteiger charge is -2.35. The molecule has 2 saturated heterocycles. The highest BCUT2D eigenvalue weighted by molar-refractivity contribution is 7.10. The Morgan fingerprint density at radius 3 is 2.68 bits per heavy atom. The number of hydrazine groups is 1. The summed E-state index contributed by atoms with van der Waals surface area (Å²) in [5.74, 6) is -0.909. The fourth-order valence-electron chi connectivity index (χ4n) is 9.08. The maximum absolute atomic E-state index is 14.2. The van der Waals surface area contributed by atoms with Gasteiger partial charge in [-0.2, -0.15) is 0 Å². The lowest BCUT2D eigenvalue weighted by atomic mass is 9.84. The van der Waals surface area contributed by atoms with Gasteiger partial charge in [-0.3, -0.25) is 24.4 Å². The number of aromatic nitrogens is 3. The van der Waals surface area contributed by atoms with Gasteiger partial charge in [0, 0.05) is 105 Å². The summed E-state index contributed by atoms with van der Waals surface area (Å²) in [6.45, 7) is 14.1. The van der Waals surface area contributed by atoms with Crippen LogP contribution in [0.3, 0.4) is 0 Å². The summed E-state index contributed by atoms with van der Waals surface area (Å²) in [6.07, 6.45) is 4.44. The van der Waals surface area contributed by atoms with Crippen LogP contribution in [0.5, 0.6) is 0 Å². The molecular weight excluding hydrogens is 781 g/mol. The summed E-state index contributed by atoms with van der Waals surface area (Å²) in [5, 5.41) is 8.42. The topological polar surface area (TPSA) is 143 Å². The normalized spacial score (nSPS) is 24.2. The van der Waals surface area contributed by atoms with Crippen molar-refractivity contribution < 1.29 is 28.6 Å². The third-order valence-electron chi connectivity index (χ3n) is 12.7. The van der Waals surface area contributed by atoms with Crippen LogP contribution in [0.15, 0.2) is 35.8 Å². The number of ether oxygens (including phenoxy) is 3. The van der Waals surface area contributed by atoms with E-state index >= 15 is 0 Å². The molecule has 6 bridgehead atoms. The van der Waals surface area contributed by atoms with Crippen molar-refractivity contribution in [2.24, 2.45) is 17.3 Å². The first-order valence-corrected chi connectivity index (χ1v) is 22.4. The van der Waals surface area contributed by atoms with Crippen molar-refractivity contribution >= 4 is 45.7 Å². The number of nitrogens with one attached hydrogen (secondary N) is 2. The van der Waals surface area contributed by atoms with Gasteiger partial charge in [-0.05, 0) is 76.3 Å². The van der Waals surface area contributed by atoms with Gasteiger partial charge in [0.1, 0.15) is 12.1 Å². The molecule has 5 atom stereocenters. The molecule has 1 aromatic carbocycles. The zero-order valence-electron chi connectivity index (χ0n) is 36.1. The molecule has 2 N–H and O–H groups in total. The van der Waals surface area contributed by atoms with Crippen LogP contribution >= 0.6 is 11.3 Å². The molecule has 4 aromatic rings. The van der Waals surface area contributed by atoms with E-state index in [1.54, 1.807) is 14.2 Å². The second kappa shape index (κ2) is 17.5. The summed E-state index contributed by atoms with van der Waals surface area (Å²) >= 11 is 1.48. The number of benzene rings is 1. The van der Waals surface area contributed by atoms with Crippen molar-refractivity contribution in [3.63, 3.8) is 0 Å². The molecule has 0 spiro atoms. The van der Waals surface area contributed by atoms with E-state index in [-0.39, 0.29) is 42.8 Å². The monoisotopic (exact) mass is 840 g/mol. The summed E-state index contributed by atoms with van der Waals surface area (Å²) in [4.78, 5) is 56.5. The average molecular weight is 841 g/mol. The molecule has 15 heteroatoms. The fraction of sp³-hybridized carbons (Fsp3) is 0.578. The first kappa shape index (κ1) is 42.3. The number of hydrogen-bond acceptors (Lipinski definition) is 12. The molecule has 3 aromatic heterocycles. The van der Waals surface area contributed by atoms with Crippen molar-refractivity contribution in [3.8, 4) is 22.5 Å². The number of thiazole rings is 1. The molecule has 322 valence electrons. The summed E-state index contributed by atoms with van der Waals surface area (Å²) in [5.41, 5.74) is 10.8. The van der Waals surface area contributed by atoms with Crippen LogP contribution in [0, 0.1) is 17.3 Å². The number of fused-ring (bicyclic) bond motifs is 6. The van der Waals surface area contributed by atoms with E-state index < -0.39 is 23.5 Å². The molecule has 8 rings (SSSR count). The maximum Gasteiger partial charge on any atom is 0.324 e. The number of piperazine rings is 1. The van der Waals surface area contributed by atoms with Crippen LogP contribution < -0.4 is 15.6 Å². The number of carbonyl (C=O) groups is 3. The Balaban J connectivity index is 1.24. The number of cyclic esters (lactones) is 1. The number of aryl methyl sites for hydroxylation is 1. The van der Waals surface area contributed by atoms with Crippen LogP contribution in [0.4, 0.5) is 5.69 Å². The van der Waals surface area contributed by atoms with E-state index in [0.717, 1.165) is 94.5 Å². The van der Waals surface area contributed by atoms with Gasteiger partial charge in [0.2, 0.25) is 5.91 Å². The lowest BCUT2D eigenvalue weighted by molar-refractivity contribution is -0.155. The second-order valence-electron chi connectivity index (χ2n) is 17.8. The third-order valence-corrected chi connectivity index (χ3v) is 13.6. The van der Waals surface area contributed by atoms with E-state index in [2.05, 4.69) is 77.2 Å². The van der Waals surface area contributed by atoms with Gasteiger partial charge in [0.25, 0.3) is 5.91 Å². The smallest absolute Gasteiger partial charge is 0.324 e. The van der Waals surface area contributed by atoms with Crippen LogP contribution in [-0.4, -0.2) is 122 Å². The maximum atomic E-state index is 14.2. The minimum atomic E-state index is -0.866. The van der Waals surface area contributed by atoms with Gasteiger partial charge >= 0.3 is 5.97 Å². The second-order valence-corrected chi connectivity index (χ2v) is 18.8. The van der Waals surface area contributed by atoms with E-state index in [0.29, 0.717) is 32.4 Å². The van der Waals surface area contributed by atoms with E-state index in [9.17, 15) is 14.4 Å². The van der Waals surface area contributed by atoms with Crippen LogP contribution in [0.2, 0.25) is 0 Å². The number of nitrogens with zero attached hydrogens (tertiary/aromatic N) is 6. The molecule has 0 unspecified atom stereocenters. The van der Waals surface area contributed by atoms with Gasteiger partial charge in [0.05, 0.1) is 46.7 Å². The molecule has 3 fully saturated rings. The average Bonchev–Trinajstić information content (AvgIpc) is 3.76. The summed E-state index contributed by atoms with van der Waals surface area (Å²) in [7, 11) is 5.52. The zero-order chi connectivity index (χ0) is 42.3. The minimum Gasteiger partial charge on any atom is -0.464 e. The highest BCUT2D eigenvalue weighted by atomic mass is 32.1. The van der Waals surface area contributed by atoms with Gasteiger partial charge in [-0.1, -0.05) is 19.9 Å². The molecule has 1 saturated carbocycles. The van der Waals surface area contributed by atoms with Crippen molar-refractivity contribution in [3.05, 3.63) is 52.1 Å². The van der Waals surface area contributed by atoms with Crippen LogP contribution in [-0.2, 0) is 48.0 Å². The first-order valence-electron chi connectivity index (χ1n) is 21.5. The SMILES string of the molecule is CCn1c(-c2cc(N3CCN(C)CC3)cnc2[C@H](C)OC)c2c3cc(ccc31)-c1csc(n1)C[C@H](NC(=O)[C@@H]1C[C@H]1COC)C(=O)N1CCC[C@H](N1)C(=O)OCC(C)(C)C2. The molecule has 14 nitrogen and oxygen atoms in total. The Kier molecular flexibility index (Phi) is 12.3. The lowest BCUT2D eigenvalue weighted by Crippen LogP contribution is -2.60. The molecular formula is C45H60N8O6S. The Labute approximate surface area is 356 Å². The van der Waals surface area contributed by atoms with Gasteiger partial charge in [-0.15, -0.1) is 11.3 Å². The highest BCUT2D eigenvalue weighted by Crippen LogP contribution is 2.43. The number of hydrogen-bond donors (Lipinski definition) is 2.